The van der Waals surface area contributed by atoms with Gasteiger partial charge in [-0.25, -0.2) is 8.42 Å². The summed E-state index contributed by atoms with van der Waals surface area (Å²) in [6.07, 6.45) is 3.56. The molecule has 148 valence electrons. The molecule has 0 aliphatic carbocycles. The summed E-state index contributed by atoms with van der Waals surface area (Å²) in [7, 11) is -3.63. The molecule has 1 aromatic rings. The molecule has 2 heterocycles. The molecule has 1 N–H and O–H groups in total. The van der Waals surface area contributed by atoms with Crippen molar-refractivity contribution < 1.29 is 23.1 Å². The standard InChI is InChI=1S/C19H26N2O5S/c1-14-5-2-3-10-21(14)27(25,26)17-7-4-6-16(13-17)18(22)20-11-8-15(9-12-20)19(23)24/h4,6-7,13-15H,2-3,5,8-12H2,1H3,(H,23,24). The summed E-state index contributed by atoms with van der Waals surface area (Å²) in [5.74, 6) is -1.49. The molecule has 1 aromatic carbocycles. The minimum absolute atomic E-state index is 0.0434. The Balaban J connectivity index is 1.77. The van der Waals surface area contributed by atoms with Gasteiger partial charge in [-0.1, -0.05) is 12.5 Å². The zero-order valence-corrected chi connectivity index (χ0v) is 16.3. The molecule has 2 fully saturated rings. The normalized spacial score (nSPS) is 22.6. The molecule has 27 heavy (non-hydrogen) atoms. The van der Waals surface area contributed by atoms with Crippen LogP contribution in [0.25, 0.3) is 0 Å². The van der Waals surface area contributed by atoms with Crippen LogP contribution in [0.1, 0.15) is 49.4 Å². The summed E-state index contributed by atoms with van der Waals surface area (Å²) in [6.45, 7) is 3.16. The second-order valence-corrected chi connectivity index (χ2v) is 9.28. The van der Waals surface area contributed by atoms with E-state index < -0.39 is 21.9 Å². The first-order valence-corrected chi connectivity index (χ1v) is 10.9. The first-order valence-electron chi connectivity index (χ1n) is 9.44. The van der Waals surface area contributed by atoms with Crippen LogP contribution in [0.2, 0.25) is 0 Å². The molecule has 2 saturated heterocycles. The fourth-order valence-electron chi connectivity index (χ4n) is 3.87. The van der Waals surface area contributed by atoms with Crippen LogP contribution < -0.4 is 0 Å². The largest absolute Gasteiger partial charge is 0.481 e. The molecular formula is C19H26N2O5S. The molecule has 1 unspecified atom stereocenters. The Kier molecular flexibility index (Phi) is 5.86. The molecule has 3 rings (SSSR count). The predicted molar refractivity (Wildman–Crippen MR) is 99.9 cm³/mol. The number of nitrogens with zero attached hydrogens (tertiary/aromatic N) is 2. The van der Waals surface area contributed by atoms with Crippen LogP contribution in [0.15, 0.2) is 29.2 Å². The Labute approximate surface area is 160 Å². The van der Waals surface area contributed by atoms with Crippen LogP contribution in [0.4, 0.5) is 0 Å². The Morgan fingerprint density at radius 1 is 1.07 bits per heavy atom. The fourth-order valence-corrected chi connectivity index (χ4v) is 5.61. The van der Waals surface area contributed by atoms with E-state index in [0.29, 0.717) is 38.0 Å². The number of carbonyl (C=O) groups excluding carboxylic acids is 1. The monoisotopic (exact) mass is 394 g/mol. The summed E-state index contributed by atoms with van der Waals surface area (Å²) < 4.78 is 27.5. The number of hydrogen-bond donors (Lipinski definition) is 1. The Morgan fingerprint density at radius 3 is 2.41 bits per heavy atom. The third kappa shape index (κ3) is 4.16. The molecule has 8 heteroatoms. The van der Waals surface area contributed by atoms with Crippen LogP contribution >= 0.6 is 0 Å². The van der Waals surface area contributed by atoms with E-state index in [1.165, 1.54) is 16.4 Å². The fraction of sp³-hybridized carbons (Fsp3) is 0.579. The number of carbonyl (C=O) groups is 2. The molecule has 7 nitrogen and oxygen atoms in total. The van der Waals surface area contributed by atoms with E-state index >= 15 is 0 Å². The quantitative estimate of drug-likeness (QED) is 0.845. The van der Waals surface area contributed by atoms with Crippen molar-refractivity contribution in [3.63, 3.8) is 0 Å². The zero-order chi connectivity index (χ0) is 19.6. The number of piperidine rings is 2. The van der Waals surface area contributed by atoms with Crippen molar-refractivity contribution in [3.8, 4) is 0 Å². The lowest BCUT2D eigenvalue weighted by Crippen LogP contribution is -2.42. The van der Waals surface area contributed by atoms with Crippen molar-refractivity contribution in [2.45, 2.75) is 50.0 Å². The lowest BCUT2D eigenvalue weighted by Gasteiger charge is -2.32. The smallest absolute Gasteiger partial charge is 0.306 e. The average molecular weight is 394 g/mol. The van der Waals surface area contributed by atoms with Gasteiger partial charge in [-0.05, 0) is 50.8 Å². The van der Waals surface area contributed by atoms with E-state index in [9.17, 15) is 18.0 Å². The van der Waals surface area contributed by atoms with Crippen molar-refractivity contribution in [1.82, 2.24) is 9.21 Å². The molecule has 1 amide bonds. The summed E-state index contributed by atoms with van der Waals surface area (Å²) in [4.78, 5) is 25.6. The summed E-state index contributed by atoms with van der Waals surface area (Å²) >= 11 is 0. The second kappa shape index (κ2) is 7.98. The zero-order valence-electron chi connectivity index (χ0n) is 15.5. The summed E-state index contributed by atoms with van der Waals surface area (Å²) in [5, 5.41) is 9.08. The Morgan fingerprint density at radius 2 is 1.78 bits per heavy atom. The maximum absolute atomic E-state index is 13.0. The van der Waals surface area contributed by atoms with Gasteiger partial charge >= 0.3 is 5.97 Å². The highest BCUT2D eigenvalue weighted by molar-refractivity contribution is 7.89. The number of likely N-dealkylation sites (tertiary alicyclic amines) is 1. The van der Waals surface area contributed by atoms with Gasteiger partial charge in [-0.15, -0.1) is 0 Å². The maximum Gasteiger partial charge on any atom is 0.306 e. The summed E-state index contributed by atoms with van der Waals surface area (Å²) in [5.41, 5.74) is 0.328. The van der Waals surface area contributed by atoms with Gasteiger partial charge in [-0.2, -0.15) is 4.31 Å². The van der Waals surface area contributed by atoms with E-state index in [4.69, 9.17) is 5.11 Å². The Bertz CT molecular complexity index is 815. The number of carboxylic acids is 1. The molecule has 0 saturated carbocycles. The van der Waals surface area contributed by atoms with E-state index in [1.54, 1.807) is 17.0 Å². The van der Waals surface area contributed by atoms with Gasteiger partial charge in [-0.3, -0.25) is 9.59 Å². The highest BCUT2D eigenvalue weighted by atomic mass is 32.2. The maximum atomic E-state index is 13.0. The van der Waals surface area contributed by atoms with Crippen molar-refractivity contribution in [2.75, 3.05) is 19.6 Å². The van der Waals surface area contributed by atoms with E-state index in [1.807, 2.05) is 6.92 Å². The molecule has 0 spiro atoms. The highest BCUT2D eigenvalue weighted by Crippen LogP contribution is 2.26. The predicted octanol–water partition coefficient (Wildman–Crippen LogP) is 2.19. The van der Waals surface area contributed by atoms with Crippen molar-refractivity contribution >= 4 is 21.9 Å². The topological polar surface area (TPSA) is 95.0 Å². The van der Waals surface area contributed by atoms with E-state index in [-0.39, 0.29) is 16.8 Å². The van der Waals surface area contributed by atoms with Gasteiger partial charge in [0.15, 0.2) is 0 Å². The van der Waals surface area contributed by atoms with Gasteiger partial charge in [0, 0.05) is 31.2 Å². The van der Waals surface area contributed by atoms with Gasteiger partial charge in [0.05, 0.1) is 10.8 Å². The number of amides is 1. The van der Waals surface area contributed by atoms with Gasteiger partial charge in [0.2, 0.25) is 10.0 Å². The van der Waals surface area contributed by atoms with Crippen LogP contribution in [0.5, 0.6) is 0 Å². The van der Waals surface area contributed by atoms with Crippen LogP contribution in [-0.2, 0) is 14.8 Å². The molecule has 0 bridgehead atoms. The minimum atomic E-state index is -3.63. The second-order valence-electron chi connectivity index (χ2n) is 7.39. The van der Waals surface area contributed by atoms with E-state index in [0.717, 1.165) is 19.3 Å². The van der Waals surface area contributed by atoms with Crippen LogP contribution in [-0.4, -0.2) is 60.3 Å². The molecule has 2 aliphatic heterocycles. The van der Waals surface area contributed by atoms with Crippen molar-refractivity contribution in [1.29, 1.82) is 0 Å². The third-order valence-corrected chi connectivity index (χ3v) is 7.57. The highest BCUT2D eigenvalue weighted by Gasteiger charge is 2.32. The molecule has 0 aromatic heterocycles. The molecule has 0 radical (unpaired) electrons. The lowest BCUT2D eigenvalue weighted by molar-refractivity contribution is -0.143. The SMILES string of the molecule is CC1CCCCN1S(=O)(=O)c1cccc(C(=O)N2CCC(C(=O)O)CC2)c1. The molecule has 1 atom stereocenters. The number of rotatable bonds is 4. The number of sulfonamides is 1. The van der Waals surface area contributed by atoms with Gasteiger partial charge in [0.1, 0.15) is 0 Å². The molecule has 2 aliphatic rings. The number of aliphatic carboxylic acids is 1. The lowest BCUT2D eigenvalue weighted by atomic mass is 9.96. The Hall–Kier alpha value is -1.93. The minimum Gasteiger partial charge on any atom is -0.481 e. The molecular weight excluding hydrogens is 368 g/mol. The van der Waals surface area contributed by atoms with Gasteiger partial charge in [0.25, 0.3) is 5.91 Å². The first-order chi connectivity index (χ1) is 12.8. The van der Waals surface area contributed by atoms with Gasteiger partial charge < -0.3 is 10.0 Å². The van der Waals surface area contributed by atoms with Crippen molar-refractivity contribution in [2.24, 2.45) is 5.92 Å². The number of carboxylic acid groups (broad SMARTS) is 1. The number of benzene rings is 1. The number of hydrogen-bond acceptors (Lipinski definition) is 4. The van der Waals surface area contributed by atoms with Crippen molar-refractivity contribution in [3.05, 3.63) is 29.8 Å². The summed E-state index contributed by atoms with van der Waals surface area (Å²) in [6, 6.07) is 6.15. The van der Waals surface area contributed by atoms with Crippen LogP contribution in [0, 0.1) is 5.92 Å². The average Bonchev–Trinajstić information content (AvgIpc) is 2.68. The van der Waals surface area contributed by atoms with E-state index in [2.05, 4.69) is 0 Å². The van der Waals surface area contributed by atoms with Crippen LogP contribution in [0.3, 0.4) is 0 Å². The first kappa shape index (κ1) is 19.8. The third-order valence-electron chi connectivity index (χ3n) is 5.56.